The minimum absolute atomic E-state index is 0.0479. The van der Waals surface area contributed by atoms with Gasteiger partial charge in [-0.05, 0) is 38.1 Å². The van der Waals surface area contributed by atoms with Crippen LogP contribution in [0, 0.1) is 13.8 Å². The van der Waals surface area contributed by atoms with Crippen molar-refractivity contribution in [3.63, 3.8) is 0 Å². The summed E-state index contributed by atoms with van der Waals surface area (Å²) in [7, 11) is 0. The van der Waals surface area contributed by atoms with Crippen molar-refractivity contribution in [3.05, 3.63) is 57.3 Å². The molecule has 0 unspecified atom stereocenters. The summed E-state index contributed by atoms with van der Waals surface area (Å²) < 4.78 is 1.73. The Morgan fingerprint density at radius 1 is 1.27 bits per heavy atom. The third-order valence-corrected chi connectivity index (χ3v) is 5.06. The lowest BCUT2D eigenvalue weighted by atomic mass is 10.2. The van der Waals surface area contributed by atoms with Crippen molar-refractivity contribution in [2.45, 2.75) is 20.3 Å². The van der Waals surface area contributed by atoms with Crippen LogP contribution in [0.5, 0.6) is 0 Å². The molecule has 0 aliphatic heterocycles. The van der Waals surface area contributed by atoms with Gasteiger partial charge in [0, 0.05) is 10.9 Å². The molecule has 134 valence electrons. The molecule has 9 heteroatoms. The van der Waals surface area contributed by atoms with Crippen LogP contribution in [0.15, 0.2) is 29.6 Å². The number of halogens is 1. The number of nitrogens with zero attached hydrogens (tertiary/aromatic N) is 3. The molecule has 3 aromatic rings. The summed E-state index contributed by atoms with van der Waals surface area (Å²) in [6, 6.07) is 7.00. The van der Waals surface area contributed by atoms with E-state index in [9.17, 15) is 9.59 Å². The summed E-state index contributed by atoms with van der Waals surface area (Å²) >= 11 is 7.41. The van der Waals surface area contributed by atoms with Gasteiger partial charge in [-0.2, -0.15) is 5.10 Å². The zero-order valence-electron chi connectivity index (χ0n) is 14.1. The Morgan fingerprint density at radius 2 is 1.96 bits per heavy atom. The third-order valence-electron chi connectivity index (χ3n) is 3.70. The van der Waals surface area contributed by atoms with Gasteiger partial charge in [-0.1, -0.05) is 11.6 Å². The summed E-state index contributed by atoms with van der Waals surface area (Å²) in [5, 5.41) is 9.83. The van der Waals surface area contributed by atoms with Crippen LogP contribution in [0.4, 0.5) is 5.13 Å². The van der Waals surface area contributed by atoms with Crippen LogP contribution >= 0.6 is 22.9 Å². The summed E-state index contributed by atoms with van der Waals surface area (Å²) in [6.07, 6.45) is 0.0479. The fourth-order valence-electron chi connectivity index (χ4n) is 2.42. The Morgan fingerprint density at radius 3 is 2.54 bits per heavy atom. The Bertz CT molecular complexity index is 978. The van der Waals surface area contributed by atoms with Crippen molar-refractivity contribution >= 4 is 39.9 Å². The fourth-order valence-corrected chi connectivity index (χ4v) is 3.25. The molecule has 3 rings (SSSR count). The van der Waals surface area contributed by atoms with Crippen LogP contribution in [0.1, 0.15) is 27.4 Å². The molecule has 0 atom stereocenters. The van der Waals surface area contributed by atoms with Gasteiger partial charge >= 0.3 is 0 Å². The lowest BCUT2D eigenvalue weighted by Crippen LogP contribution is -2.14. The van der Waals surface area contributed by atoms with Gasteiger partial charge < -0.3 is 5.73 Å². The van der Waals surface area contributed by atoms with E-state index >= 15 is 0 Å². The average Bonchev–Trinajstić information content (AvgIpc) is 3.14. The highest BCUT2D eigenvalue weighted by Crippen LogP contribution is 2.23. The summed E-state index contributed by atoms with van der Waals surface area (Å²) in [6.45, 7) is 3.73. The maximum atomic E-state index is 12.3. The lowest BCUT2D eigenvalue weighted by Gasteiger charge is -2.06. The molecular weight excluding hydrogens is 374 g/mol. The van der Waals surface area contributed by atoms with Crippen LogP contribution in [0.3, 0.4) is 0 Å². The van der Waals surface area contributed by atoms with Gasteiger partial charge in [0.2, 0.25) is 5.91 Å². The number of nitrogens with one attached hydrogen (secondary N) is 1. The van der Waals surface area contributed by atoms with Crippen molar-refractivity contribution in [2.24, 2.45) is 5.73 Å². The minimum Gasteiger partial charge on any atom is -0.369 e. The number of aryl methyl sites for hydroxylation is 1. The number of primary amides is 1. The van der Waals surface area contributed by atoms with Crippen LogP contribution in [-0.4, -0.2) is 26.6 Å². The van der Waals surface area contributed by atoms with Crippen LogP contribution in [0.2, 0.25) is 5.02 Å². The van der Waals surface area contributed by atoms with Gasteiger partial charge in [0.15, 0.2) is 5.13 Å². The monoisotopic (exact) mass is 389 g/mol. The molecule has 2 aromatic heterocycles. The molecule has 0 fully saturated rings. The topological polar surface area (TPSA) is 103 Å². The second-order valence-electron chi connectivity index (χ2n) is 5.68. The number of aromatic nitrogens is 3. The maximum Gasteiger partial charge on any atom is 0.257 e. The standard InChI is InChI=1S/C17H16ClN5O2S/c1-9-15(18)10(2)23(22-9)13-5-3-11(4-6-13)16(25)21-17-20-12(8-26-17)7-14(19)24/h3-6,8H,7H2,1-2H3,(H2,19,24)(H,20,21,25). The first-order chi connectivity index (χ1) is 12.3. The summed E-state index contributed by atoms with van der Waals surface area (Å²) in [5.74, 6) is -0.754. The van der Waals surface area contributed by atoms with E-state index in [-0.39, 0.29) is 12.3 Å². The normalized spacial score (nSPS) is 10.7. The van der Waals surface area contributed by atoms with Crippen molar-refractivity contribution < 1.29 is 9.59 Å². The van der Waals surface area contributed by atoms with E-state index in [0.29, 0.717) is 21.4 Å². The number of carbonyl (C=O) groups is 2. The number of hydrogen-bond acceptors (Lipinski definition) is 5. The van der Waals surface area contributed by atoms with E-state index in [4.69, 9.17) is 17.3 Å². The maximum absolute atomic E-state index is 12.3. The van der Waals surface area contributed by atoms with E-state index in [1.165, 1.54) is 11.3 Å². The number of amides is 2. The predicted octanol–water partition coefficient (Wildman–Crippen LogP) is 2.88. The van der Waals surface area contributed by atoms with Gasteiger partial charge in [0.05, 0.1) is 34.2 Å². The number of benzene rings is 1. The highest BCUT2D eigenvalue weighted by Gasteiger charge is 2.13. The quantitative estimate of drug-likeness (QED) is 0.700. The zero-order chi connectivity index (χ0) is 18.8. The molecule has 2 heterocycles. The largest absolute Gasteiger partial charge is 0.369 e. The van der Waals surface area contributed by atoms with Crippen LogP contribution in [-0.2, 0) is 11.2 Å². The predicted molar refractivity (Wildman–Crippen MR) is 101 cm³/mol. The first-order valence-electron chi connectivity index (χ1n) is 7.71. The average molecular weight is 390 g/mol. The minimum atomic E-state index is -0.465. The Hall–Kier alpha value is -2.71. The Kier molecular flexibility index (Phi) is 5.06. The van der Waals surface area contributed by atoms with E-state index in [1.54, 1.807) is 34.3 Å². The molecule has 0 spiro atoms. The first kappa shape index (κ1) is 18.1. The Labute approximate surface area is 158 Å². The molecule has 2 amide bonds. The first-order valence-corrected chi connectivity index (χ1v) is 8.97. The molecule has 0 aliphatic carbocycles. The molecule has 0 bridgehead atoms. The number of hydrogen-bond donors (Lipinski definition) is 2. The molecule has 0 saturated heterocycles. The Balaban J connectivity index is 1.73. The van der Waals surface area contributed by atoms with Gasteiger partial charge in [0.25, 0.3) is 5.91 Å². The number of rotatable bonds is 5. The second kappa shape index (κ2) is 7.27. The number of thiazole rings is 1. The van der Waals surface area contributed by atoms with Gasteiger partial charge in [0.1, 0.15) is 0 Å². The van der Waals surface area contributed by atoms with E-state index < -0.39 is 5.91 Å². The molecule has 3 N–H and O–H groups in total. The number of carbonyl (C=O) groups excluding carboxylic acids is 2. The van der Waals surface area contributed by atoms with Gasteiger partial charge in [-0.15, -0.1) is 11.3 Å². The van der Waals surface area contributed by atoms with Gasteiger partial charge in [-0.3, -0.25) is 14.9 Å². The molecule has 1 aromatic carbocycles. The van der Waals surface area contributed by atoms with E-state index in [0.717, 1.165) is 17.1 Å². The highest BCUT2D eigenvalue weighted by atomic mass is 35.5. The molecule has 0 aliphatic rings. The van der Waals surface area contributed by atoms with E-state index in [1.807, 2.05) is 13.8 Å². The van der Waals surface area contributed by atoms with E-state index in [2.05, 4.69) is 15.4 Å². The molecular formula is C17H16ClN5O2S. The van der Waals surface area contributed by atoms with Crippen molar-refractivity contribution in [3.8, 4) is 5.69 Å². The molecule has 7 nitrogen and oxygen atoms in total. The van der Waals surface area contributed by atoms with Crippen molar-refractivity contribution in [1.82, 2.24) is 14.8 Å². The van der Waals surface area contributed by atoms with Crippen molar-refractivity contribution in [1.29, 1.82) is 0 Å². The lowest BCUT2D eigenvalue weighted by molar-refractivity contribution is -0.117. The third kappa shape index (κ3) is 3.76. The molecule has 26 heavy (non-hydrogen) atoms. The highest BCUT2D eigenvalue weighted by molar-refractivity contribution is 7.14. The second-order valence-corrected chi connectivity index (χ2v) is 6.92. The summed E-state index contributed by atoms with van der Waals surface area (Å²) in [5.41, 5.74) is 8.55. The number of nitrogens with two attached hydrogens (primary N) is 1. The SMILES string of the molecule is Cc1nn(-c2ccc(C(=O)Nc3nc(CC(N)=O)cs3)cc2)c(C)c1Cl. The smallest absolute Gasteiger partial charge is 0.257 e. The number of anilines is 1. The summed E-state index contributed by atoms with van der Waals surface area (Å²) in [4.78, 5) is 27.4. The van der Waals surface area contributed by atoms with Crippen molar-refractivity contribution in [2.75, 3.05) is 5.32 Å². The molecule has 0 radical (unpaired) electrons. The fraction of sp³-hybridized carbons (Fsp3) is 0.176. The van der Waals surface area contributed by atoms with Crippen LogP contribution < -0.4 is 11.1 Å². The van der Waals surface area contributed by atoms with Crippen LogP contribution in [0.25, 0.3) is 5.69 Å². The molecule has 0 saturated carbocycles. The zero-order valence-corrected chi connectivity index (χ0v) is 15.7. The van der Waals surface area contributed by atoms with Gasteiger partial charge in [-0.25, -0.2) is 9.67 Å².